The molecule has 0 N–H and O–H groups in total. The number of benzene rings is 3. The summed E-state index contributed by atoms with van der Waals surface area (Å²) < 4.78 is 36.6. The van der Waals surface area contributed by atoms with Crippen LogP contribution in [0.1, 0.15) is 16.7 Å². The van der Waals surface area contributed by atoms with E-state index in [0.717, 1.165) is 16.7 Å². The molecule has 3 aromatic rings. The summed E-state index contributed by atoms with van der Waals surface area (Å²) in [6, 6.07) is 29.5. The van der Waals surface area contributed by atoms with Gasteiger partial charge in [0.1, 0.15) is 36.9 Å². The van der Waals surface area contributed by atoms with Crippen LogP contribution in [0.25, 0.3) is 0 Å². The number of hydrogen-bond acceptors (Lipinski definition) is 7. The second kappa shape index (κ2) is 15.0. The summed E-state index contributed by atoms with van der Waals surface area (Å²) in [5.74, 6) is -0.803. The number of rotatable bonds is 13. The Labute approximate surface area is 228 Å². The summed E-state index contributed by atoms with van der Waals surface area (Å²) >= 11 is 5.66. The third-order valence-corrected chi connectivity index (χ3v) is 6.42. The van der Waals surface area contributed by atoms with Crippen molar-refractivity contribution in [3.8, 4) is 0 Å². The van der Waals surface area contributed by atoms with E-state index in [4.69, 9.17) is 40.0 Å². The molecule has 202 valence electrons. The molecule has 0 aromatic heterocycles. The van der Waals surface area contributed by atoms with Crippen LogP contribution in [-0.2, 0) is 53.0 Å². The highest BCUT2D eigenvalue weighted by molar-refractivity contribution is 6.26. The zero-order valence-corrected chi connectivity index (χ0v) is 22.1. The standard InChI is InChI=1S/C30H33ClO7/c1-33-30-29(37-20-24-15-9-4-10-16-24)28(36-19-23-13-7-3-8-14-23)27(25(38-30)21-34-26(32)17-31)35-18-22-11-5-2-6-12-22/h2-16,25,27-30H,17-21H2,1H3/t25-,27-,28+,29-,30+/m1/s1. The molecule has 0 bridgehead atoms. The van der Waals surface area contributed by atoms with E-state index in [0.29, 0.717) is 19.8 Å². The Morgan fingerprint density at radius 1 is 0.711 bits per heavy atom. The molecule has 0 spiro atoms. The smallest absolute Gasteiger partial charge is 0.320 e. The van der Waals surface area contributed by atoms with Gasteiger partial charge in [0.15, 0.2) is 6.29 Å². The summed E-state index contributed by atoms with van der Waals surface area (Å²) in [7, 11) is 1.55. The van der Waals surface area contributed by atoms with Crippen molar-refractivity contribution < 1.29 is 33.2 Å². The highest BCUT2D eigenvalue weighted by atomic mass is 35.5. The molecule has 3 aromatic carbocycles. The fourth-order valence-corrected chi connectivity index (χ4v) is 4.36. The highest BCUT2D eigenvalue weighted by Gasteiger charge is 2.49. The van der Waals surface area contributed by atoms with E-state index >= 15 is 0 Å². The Kier molecular flexibility index (Phi) is 11.1. The maximum atomic E-state index is 11.9. The first-order valence-electron chi connectivity index (χ1n) is 12.5. The summed E-state index contributed by atoms with van der Waals surface area (Å²) in [6.07, 6.45) is -3.30. The molecule has 1 saturated heterocycles. The summed E-state index contributed by atoms with van der Waals surface area (Å²) in [6.45, 7) is 0.897. The highest BCUT2D eigenvalue weighted by Crippen LogP contribution is 2.31. The van der Waals surface area contributed by atoms with Crippen molar-refractivity contribution in [3.05, 3.63) is 108 Å². The van der Waals surface area contributed by atoms with Gasteiger partial charge < -0.3 is 28.4 Å². The van der Waals surface area contributed by atoms with Crippen LogP contribution in [-0.4, -0.2) is 56.3 Å². The lowest BCUT2D eigenvalue weighted by Gasteiger charge is -2.45. The molecule has 5 atom stereocenters. The van der Waals surface area contributed by atoms with Crippen LogP contribution < -0.4 is 0 Å². The van der Waals surface area contributed by atoms with Crippen LogP contribution in [0.3, 0.4) is 0 Å². The van der Waals surface area contributed by atoms with Crippen LogP contribution in [0.15, 0.2) is 91.0 Å². The Bertz CT molecular complexity index is 1080. The molecule has 1 aliphatic rings. The van der Waals surface area contributed by atoms with E-state index in [9.17, 15) is 4.79 Å². The fourth-order valence-electron chi connectivity index (χ4n) is 4.28. The first-order chi connectivity index (χ1) is 18.7. The first-order valence-corrected chi connectivity index (χ1v) is 13.1. The second-order valence-electron chi connectivity index (χ2n) is 8.88. The van der Waals surface area contributed by atoms with Gasteiger partial charge in [0, 0.05) is 7.11 Å². The lowest BCUT2D eigenvalue weighted by molar-refractivity contribution is -0.321. The van der Waals surface area contributed by atoms with Crippen molar-refractivity contribution in [2.45, 2.75) is 50.5 Å². The normalized spacial score (nSPS) is 23.2. The number of esters is 1. The van der Waals surface area contributed by atoms with E-state index in [2.05, 4.69) is 0 Å². The van der Waals surface area contributed by atoms with Gasteiger partial charge in [0.2, 0.25) is 0 Å². The topological polar surface area (TPSA) is 72.5 Å². The molecule has 7 nitrogen and oxygen atoms in total. The number of hydrogen-bond donors (Lipinski definition) is 0. The minimum absolute atomic E-state index is 0.0680. The van der Waals surface area contributed by atoms with Crippen LogP contribution in [0.2, 0.25) is 0 Å². The second-order valence-corrected chi connectivity index (χ2v) is 9.15. The van der Waals surface area contributed by atoms with Crippen molar-refractivity contribution in [3.63, 3.8) is 0 Å². The van der Waals surface area contributed by atoms with Gasteiger partial charge in [0.25, 0.3) is 0 Å². The third-order valence-electron chi connectivity index (χ3n) is 6.20. The van der Waals surface area contributed by atoms with E-state index in [1.807, 2.05) is 91.0 Å². The average molecular weight is 541 g/mol. The minimum Gasteiger partial charge on any atom is -0.462 e. The molecule has 0 unspecified atom stereocenters. The predicted octanol–water partition coefficient (Wildman–Crippen LogP) is 4.90. The fraction of sp³-hybridized carbons (Fsp3) is 0.367. The van der Waals surface area contributed by atoms with Crippen molar-refractivity contribution in [2.75, 3.05) is 19.6 Å². The third kappa shape index (κ3) is 8.11. The average Bonchev–Trinajstić information content (AvgIpc) is 2.98. The van der Waals surface area contributed by atoms with E-state index in [1.54, 1.807) is 7.11 Å². The van der Waals surface area contributed by atoms with E-state index < -0.39 is 36.7 Å². The number of carbonyl (C=O) groups is 1. The zero-order chi connectivity index (χ0) is 26.6. The van der Waals surface area contributed by atoms with Gasteiger partial charge in [0.05, 0.1) is 19.8 Å². The lowest BCUT2D eigenvalue weighted by Crippen LogP contribution is -2.61. The monoisotopic (exact) mass is 540 g/mol. The van der Waals surface area contributed by atoms with Gasteiger partial charge in [-0.1, -0.05) is 91.0 Å². The maximum Gasteiger partial charge on any atom is 0.320 e. The van der Waals surface area contributed by atoms with Gasteiger partial charge in [-0.3, -0.25) is 4.79 Å². The van der Waals surface area contributed by atoms with Gasteiger partial charge >= 0.3 is 5.97 Å². The van der Waals surface area contributed by atoms with Gasteiger partial charge in [-0.15, -0.1) is 11.6 Å². The Morgan fingerprint density at radius 3 is 1.61 bits per heavy atom. The van der Waals surface area contributed by atoms with Gasteiger partial charge in [-0.05, 0) is 16.7 Å². The summed E-state index contributed by atoms with van der Waals surface area (Å²) in [4.78, 5) is 11.9. The molecule has 1 heterocycles. The molecular weight excluding hydrogens is 508 g/mol. The van der Waals surface area contributed by atoms with Gasteiger partial charge in [-0.25, -0.2) is 0 Å². The molecule has 4 rings (SSSR count). The number of carbonyl (C=O) groups excluding carboxylic acids is 1. The minimum atomic E-state index is -0.782. The molecule has 0 amide bonds. The van der Waals surface area contributed by atoms with E-state index in [1.165, 1.54) is 0 Å². The molecule has 0 radical (unpaired) electrons. The molecule has 8 heteroatoms. The number of methoxy groups -OCH3 is 1. The number of halogens is 1. The Morgan fingerprint density at radius 2 is 1.16 bits per heavy atom. The summed E-state index contributed by atoms with van der Waals surface area (Å²) in [5, 5.41) is 0. The molecular formula is C30H33ClO7. The SMILES string of the molecule is CO[C@H]1O[C@H](COC(=O)CCl)[C@@H](OCc2ccccc2)[C@H](OCc2ccccc2)[C@H]1OCc1ccccc1. The van der Waals surface area contributed by atoms with Crippen LogP contribution in [0.4, 0.5) is 0 Å². The molecule has 0 saturated carbocycles. The molecule has 1 aliphatic heterocycles. The lowest BCUT2D eigenvalue weighted by atomic mass is 9.98. The van der Waals surface area contributed by atoms with Crippen LogP contribution in [0.5, 0.6) is 0 Å². The number of ether oxygens (including phenoxy) is 6. The number of alkyl halides is 1. The molecule has 0 aliphatic carbocycles. The quantitative estimate of drug-likeness (QED) is 0.226. The summed E-state index contributed by atoms with van der Waals surface area (Å²) in [5.41, 5.74) is 2.99. The molecule has 38 heavy (non-hydrogen) atoms. The van der Waals surface area contributed by atoms with Crippen LogP contribution in [0, 0.1) is 0 Å². The Balaban J connectivity index is 1.60. The Hall–Kier alpha value is -2.78. The first kappa shape index (κ1) is 28.2. The van der Waals surface area contributed by atoms with Crippen molar-refractivity contribution in [2.24, 2.45) is 0 Å². The predicted molar refractivity (Wildman–Crippen MR) is 142 cm³/mol. The van der Waals surface area contributed by atoms with Gasteiger partial charge in [-0.2, -0.15) is 0 Å². The van der Waals surface area contributed by atoms with E-state index in [-0.39, 0.29) is 12.5 Å². The maximum absolute atomic E-state index is 11.9. The zero-order valence-electron chi connectivity index (χ0n) is 21.3. The molecule has 1 fully saturated rings. The van der Waals surface area contributed by atoms with Crippen LogP contribution >= 0.6 is 11.6 Å². The van der Waals surface area contributed by atoms with Crippen molar-refractivity contribution in [1.29, 1.82) is 0 Å². The largest absolute Gasteiger partial charge is 0.462 e. The van der Waals surface area contributed by atoms with Crippen molar-refractivity contribution >= 4 is 17.6 Å². The van der Waals surface area contributed by atoms with Crippen molar-refractivity contribution in [1.82, 2.24) is 0 Å².